The lowest BCUT2D eigenvalue weighted by Crippen LogP contribution is -2.24. The summed E-state index contributed by atoms with van der Waals surface area (Å²) in [4.78, 5) is 8.60. The van der Waals surface area contributed by atoms with Crippen LogP contribution in [0.2, 0.25) is 0 Å². The number of aromatic nitrogens is 2. The van der Waals surface area contributed by atoms with Crippen molar-refractivity contribution >= 4 is 0 Å². The van der Waals surface area contributed by atoms with Crippen LogP contribution in [0.1, 0.15) is 11.4 Å². The fourth-order valence-electron chi connectivity index (χ4n) is 1.71. The highest BCUT2D eigenvalue weighted by atomic mass is 16.5. The Balaban J connectivity index is 1.92. The van der Waals surface area contributed by atoms with E-state index in [1.807, 2.05) is 19.3 Å². The molecule has 2 heterocycles. The molecule has 0 aromatic carbocycles. The topological polar surface area (TPSA) is 47.0 Å². The Bertz CT molecular complexity index is 291. The summed E-state index contributed by atoms with van der Waals surface area (Å²) >= 11 is 0. The Morgan fingerprint density at radius 2 is 2.40 bits per heavy atom. The van der Waals surface area contributed by atoms with Gasteiger partial charge in [0.2, 0.25) is 0 Å². The molecule has 0 unspecified atom stereocenters. The van der Waals surface area contributed by atoms with Crippen molar-refractivity contribution in [2.24, 2.45) is 5.92 Å². The van der Waals surface area contributed by atoms with E-state index in [1.165, 1.54) is 0 Å². The second-order valence-corrected chi connectivity index (χ2v) is 4.00. The summed E-state index contributed by atoms with van der Waals surface area (Å²) in [6.07, 6.45) is 4.63. The van der Waals surface area contributed by atoms with Gasteiger partial charge in [-0.1, -0.05) is 0 Å². The average Bonchev–Trinajstić information content (AvgIpc) is 2.50. The molecule has 1 aliphatic heterocycles. The van der Waals surface area contributed by atoms with Crippen LogP contribution in [0.4, 0.5) is 0 Å². The molecule has 15 heavy (non-hydrogen) atoms. The minimum Gasteiger partial charge on any atom is -0.380 e. The molecule has 1 N–H and O–H groups in total. The van der Waals surface area contributed by atoms with E-state index in [1.54, 1.807) is 0 Å². The minimum atomic E-state index is 0.518. The van der Waals surface area contributed by atoms with Crippen molar-refractivity contribution in [1.29, 1.82) is 0 Å². The molecule has 0 spiro atoms. The number of nitrogens with one attached hydrogen (secondary N) is 1. The lowest BCUT2D eigenvalue weighted by Gasteiger charge is -2.12. The van der Waals surface area contributed by atoms with Crippen molar-refractivity contribution in [3.63, 3.8) is 0 Å². The third kappa shape index (κ3) is 3.25. The Kier molecular flexibility index (Phi) is 3.64. The smallest absolute Gasteiger partial charge is 0.0591 e. The maximum atomic E-state index is 5.49. The van der Waals surface area contributed by atoms with Crippen molar-refractivity contribution < 1.29 is 4.74 Å². The quantitative estimate of drug-likeness (QED) is 0.770. The van der Waals surface area contributed by atoms with Gasteiger partial charge in [-0.05, 0) is 13.3 Å². The van der Waals surface area contributed by atoms with Gasteiger partial charge in [0.15, 0.2) is 0 Å². The number of rotatable bonds is 2. The van der Waals surface area contributed by atoms with Crippen molar-refractivity contribution in [2.45, 2.75) is 13.3 Å². The van der Waals surface area contributed by atoms with Crippen molar-refractivity contribution in [1.82, 2.24) is 15.3 Å². The van der Waals surface area contributed by atoms with Gasteiger partial charge in [-0.15, -0.1) is 0 Å². The summed E-state index contributed by atoms with van der Waals surface area (Å²) in [5.41, 5.74) is 2.02. The summed E-state index contributed by atoms with van der Waals surface area (Å²) in [6.45, 7) is 5.55. The Morgan fingerprint density at radius 1 is 1.47 bits per heavy atom. The number of hydrogen-bond acceptors (Lipinski definition) is 4. The van der Waals surface area contributed by atoms with Crippen LogP contribution in [0.5, 0.6) is 0 Å². The lowest BCUT2D eigenvalue weighted by atomic mass is 10.0. The second-order valence-electron chi connectivity index (χ2n) is 4.00. The number of aryl methyl sites for hydroxylation is 1. The molecule has 0 saturated carbocycles. The Labute approximate surface area is 90.1 Å². The summed E-state index contributed by atoms with van der Waals surface area (Å²) in [6, 6.07) is 0. The molecule has 4 heteroatoms. The van der Waals surface area contributed by atoms with E-state index in [-0.39, 0.29) is 0 Å². The maximum Gasteiger partial charge on any atom is 0.0591 e. The van der Waals surface area contributed by atoms with Gasteiger partial charge in [0.25, 0.3) is 0 Å². The predicted octanol–water partition coefficient (Wildman–Crippen LogP) is 0.564. The maximum absolute atomic E-state index is 5.49. The van der Waals surface area contributed by atoms with Gasteiger partial charge in [-0.25, -0.2) is 0 Å². The van der Waals surface area contributed by atoms with E-state index in [9.17, 15) is 0 Å². The molecule has 0 aliphatic carbocycles. The van der Waals surface area contributed by atoms with Crippen LogP contribution in [0.15, 0.2) is 12.4 Å². The first kappa shape index (κ1) is 10.5. The van der Waals surface area contributed by atoms with Crippen molar-refractivity contribution in [3.05, 3.63) is 23.8 Å². The van der Waals surface area contributed by atoms with Crippen LogP contribution in [-0.2, 0) is 11.2 Å². The largest absolute Gasteiger partial charge is 0.380 e. The normalized spacial score (nSPS) is 22.3. The van der Waals surface area contributed by atoms with Crippen LogP contribution in [0, 0.1) is 12.8 Å². The average molecular weight is 207 g/mol. The fraction of sp³-hybridized carbons (Fsp3) is 0.636. The molecule has 1 saturated heterocycles. The molecule has 1 atom stereocenters. The van der Waals surface area contributed by atoms with Gasteiger partial charge in [0.05, 0.1) is 24.6 Å². The van der Waals surface area contributed by atoms with Gasteiger partial charge in [0.1, 0.15) is 0 Å². The van der Waals surface area contributed by atoms with E-state index in [4.69, 9.17) is 4.74 Å². The highest BCUT2D eigenvalue weighted by Gasteiger charge is 2.13. The molecule has 1 aromatic rings. The molecule has 1 aliphatic rings. The predicted molar refractivity (Wildman–Crippen MR) is 57.7 cm³/mol. The van der Waals surface area contributed by atoms with E-state index in [0.29, 0.717) is 5.92 Å². The summed E-state index contributed by atoms with van der Waals surface area (Å²) in [7, 11) is 0. The molecular weight excluding hydrogens is 190 g/mol. The highest BCUT2D eigenvalue weighted by molar-refractivity contribution is 5.01. The van der Waals surface area contributed by atoms with Crippen LogP contribution < -0.4 is 5.32 Å². The van der Waals surface area contributed by atoms with Crippen LogP contribution >= 0.6 is 0 Å². The molecule has 0 bridgehead atoms. The van der Waals surface area contributed by atoms with Gasteiger partial charge >= 0.3 is 0 Å². The molecular formula is C11H17N3O. The van der Waals surface area contributed by atoms with Gasteiger partial charge in [-0.3, -0.25) is 9.97 Å². The first-order valence-corrected chi connectivity index (χ1v) is 5.40. The fourth-order valence-corrected chi connectivity index (χ4v) is 1.71. The summed E-state index contributed by atoms with van der Waals surface area (Å²) in [5.74, 6) is 0.518. The standard InChI is InChI=1S/C11H17N3O/c1-9-5-14-11(7-13-9)4-10-6-12-2-3-15-8-10/h5,7,10,12H,2-4,6,8H2,1H3/t10-/m1/s1. The second kappa shape index (κ2) is 5.19. The zero-order valence-electron chi connectivity index (χ0n) is 9.07. The van der Waals surface area contributed by atoms with Gasteiger partial charge < -0.3 is 10.1 Å². The highest BCUT2D eigenvalue weighted by Crippen LogP contribution is 2.07. The Morgan fingerprint density at radius 3 is 3.20 bits per heavy atom. The van der Waals surface area contributed by atoms with Crippen molar-refractivity contribution in [3.8, 4) is 0 Å². The van der Waals surface area contributed by atoms with Crippen LogP contribution in [-0.4, -0.2) is 36.3 Å². The number of nitrogens with zero attached hydrogens (tertiary/aromatic N) is 2. The molecule has 82 valence electrons. The molecule has 1 aromatic heterocycles. The molecule has 1 fully saturated rings. The zero-order chi connectivity index (χ0) is 10.5. The molecule has 0 amide bonds. The number of ether oxygens (including phenoxy) is 1. The van der Waals surface area contributed by atoms with Crippen LogP contribution in [0.3, 0.4) is 0 Å². The minimum absolute atomic E-state index is 0.518. The third-order valence-electron chi connectivity index (χ3n) is 2.54. The Hall–Kier alpha value is -1.00. The van der Waals surface area contributed by atoms with Crippen LogP contribution in [0.25, 0.3) is 0 Å². The molecule has 4 nitrogen and oxygen atoms in total. The summed E-state index contributed by atoms with van der Waals surface area (Å²) < 4.78 is 5.49. The lowest BCUT2D eigenvalue weighted by molar-refractivity contribution is 0.123. The van der Waals surface area contributed by atoms with Crippen molar-refractivity contribution in [2.75, 3.05) is 26.3 Å². The van der Waals surface area contributed by atoms with E-state index < -0.39 is 0 Å². The SMILES string of the molecule is Cc1cnc(C[C@@H]2CNCCOC2)cn1. The zero-order valence-corrected chi connectivity index (χ0v) is 9.07. The molecule has 0 radical (unpaired) electrons. The third-order valence-corrected chi connectivity index (χ3v) is 2.54. The van der Waals surface area contributed by atoms with Gasteiger partial charge in [-0.2, -0.15) is 0 Å². The number of hydrogen-bond donors (Lipinski definition) is 1. The van der Waals surface area contributed by atoms with E-state index >= 15 is 0 Å². The van der Waals surface area contributed by atoms with E-state index in [0.717, 1.165) is 44.1 Å². The summed E-state index contributed by atoms with van der Waals surface area (Å²) in [5, 5.41) is 3.36. The first-order valence-electron chi connectivity index (χ1n) is 5.40. The molecule has 2 rings (SSSR count). The van der Waals surface area contributed by atoms with Gasteiger partial charge in [0, 0.05) is 31.4 Å². The van der Waals surface area contributed by atoms with E-state index in [2.05, 4.69) is 15.3 Å². The first-order chi connectivity index (χ1) is 7.34. The monoisotopic (exact) mass is 207 g/mol.